The predicted octanol–water partition coefficient (Wildman–Crippen LogP) is 0.0667. The highest BCUT2D eigenvalue weighted by molar-refractivity contribution is 7.88. The Hall–Kier alpha value is -1.97. The first-order chi connectivity index (χ1) is 11.9. The van der Waals surface area contributed by atoms with E-state index in [-0.39, 0.29) is 17.9 Å². The number of carbonyl (C=O) groups excluding carboxylic acids is 1. The summed E-state index contributed by atoms with van der Waals surface area (Å²) in [5.74, 6) is -0.105. The van der Waals surface area contributed by atoms with Crippen LogP contribution in [-0.4, -0.2) is 78.3 Å². The summed E-state index contributed by atoms with van der Waals surface area (Å²) < 4.78 is 32.6. The van der Waals surface area contributed by atoms with Crippen LogP contribution < -0.4 is 0 Å². The van der Waals surface area contributed by atoms with E-state index in [0.717, 1.165) is 5.52 Å². The molecule has 2 aromatic heterocycles. The topological polar surface area (TPSA) is 84.2 Å². The summed E-state index contributed by atoms with van der Waals surface area (Å²) in [6.45, 7) is 2.08. The quantitative estimate of drug-likeness (QED) is 0.753. The number of carbonyl (C=O) groups is 1. The van der Waals surface area contributed by atoms with E-state index in [9.17, 15) is 13.2 Å². The molecule has 0 N–H and O–H groups in total. The molecule has 0 bridgehead atoms. The molecule has 2 fully saturated rings. The first-order valence-electron chi connectivity index (χ1n) is 8.22. The third-order valence-corrected chi connectivity index (χ3v) is 6.17. The second-order valence-corrected chi connectivity index (χ2v) is 8.57. The average Bonchev–Trinajstić information content (AvgIpc) is 3.12. The zero-order chi connectivity index (χ0) is 17.6. The molecule has 25 heavy (non-hydrogen) atoms. The Morgan fingerprint density at radius 1 is 1.28 bits per heavy atom. The fourth-order valence-electron chi connectivity index (χ4n) is 3.60. The highest BCUT2D eigenvalue weighted by Gasteiger charge is 2.40. The molecule has 2 aliphatic rings. The largest absolute Gasteiger partial charge is 0.375 e. The minimum atomic E-state index is -3.26. The lowest BCUT2D eigenvalue weighted by atomic mass is 10.1. The maximum absolute atomic E-state index is 12.9. The van der Waals surface area contributed by atoms with Crippen molar-refractivity contribution in [1.29, 1.82) is 0 Å². The summed E-state index contributed by atoms with van der Waals surface area (Å²) >= 11 is 0. The van der Waals surface area contributed by atoms with Gasteiger partial charge in [0.2, 0.25) is 10.0 Å². The average molecular weight is 364 g/mol. The first-order valence-corrected chi connectivity index (χ1v) is 10.1. The monoisotopic (exact) mass is 364 g/mol. The molecule has 4 heterocycles. The second kappa shape index (κ2) is 6.08. The van der Waals surface area contributed by atoms with Gasteiger partial charge in [0.25, 0.3) is 5.91 Å². The third kappa shape index (κ3) is 3.03. The van der Waals surface area contributed by atoms with Crippen LogP contribution in [0.25, 0.3) is 5.52 Å². The van der Waals surface area contributed by atoms with Crippen molar-refractivity contribution in [1.82, 2.24) is 18.8 Å². The summed E-state index contributed by atoms with van der Waals surface area (Å²) in [4.78, 5) is 14.7. The van der Waals surface area contributed by atoms with Gasteiger partial charge in [-0.2, -0.15) is 9.40 Å². The molecule has 0 unspecified atom stereocenters. The van der Waals surface area contributed by atoms with Gasteiger partial charge in [-0.05, 0) is 12.1 Å². The number of rotatable bonds is 2. The van der Waals surface area contributed by atoms with Crippen molar-refractivity contribution in [2.24, 2.45) is 5.92 Å². The number of aromatic nitrogens is 2. The van der Waals surface area contributed by atoms with Crippen LogP contribution in [0.1, 0.15) is 10.4 Å². The van der Waals surface area contributed by atoms with Crippen LogP contribution in [0.2, 0.25) is 0 Å². The van der Waals surface area contributed by atoms with Crippen LogP contribution in [0.15, 0.2) is 30.6 Å². The second-order valence-electron chi connectivity index (χ2n) is 6.59. The Kier molecular flexibility index (Phi) is 4.01. The lowest BCUT2D eigenvalue weighted by molar-refractivity contribution is 0.0492. The molecule has 0 saturated carbocycles. The number of fused-ring (bicyclic) bond motifs is 2. The van der Waals surface area contributed by atoms with E-state index in [4.69, 9.17) is 4.74 Å². The Morgan fingerprint density at radius 2 is 2.12 bits per heavy atom. The van der Waals surface area contributed by atoms with Crippen LogP contribution >= 0.6 is 0 Å². The van der Waals surface area contributed by atoms with Gasteiger partial charge in [-0.3, -0.25) is 4.79 Å². The highest BCUT2D eigenvalue weighted by Crippen LogP contribution is 2.26. The fraction of sp³-hybridized carbons (Fsp3) is 0.500. The van der Waals surface area contributed by atoms with Crippen LogP contribution in [0.5, 0.6) is 0 Å². The standard InChI is InChI=1S/C16H20N4O4S/c1-25(22,23)19-6-7-24-15-11-18(9-12(15)10-19)16(21)13-8-17-20-5-3-2-4-14(13)20/h2-5,8,12,15H,6-7,9-11H2,1H3/t12-,15-/m1/s1. The first kappa shape index (κ1) is 16.5. The van der Waals surface area contributed by atoms with Gasteiger partial charge in [-0.1, -0.05) is 6.07 Å². The molecular weight excluding hydrogens is 344 g/mol. The smallest absolute Gasteiger partial charge is 0.257 e. The van der Waals surface area contributed by atoms with Crippen molar-refractivity contribution in [2.45, 2.75) is 6.10 Å². The van der Waals surface area contributed by atoms with Crippen molar-refractivity contribution < 1.29 is 17.9 Å². The molecule has 4 rings (SSSR count). The summed E-state index contributed by atoms with van der Waals surface area (Å²) in [7, 11) is -3.26. The van der Waals surface area contributed by atoms with E-state index in [1.165, 1.54) is 10.6 Å². The van der Waals surface area contributed by atoms with Gasteiger partial charge < -0.3 is 9.64 Å². The highest BCUT2D eigenvalue weighted by atomic mass is 32.2. The Bertz CT molecular complexity index is 910. The van der Waals surface area contributed by atoms with Gasteiger partial charge in [0.05, 0.1) is 36.2 Å². The summed E-state index contributed by atoms with van der Waals surface area (Å²) in [5, 5.41) is 4.21. The van der Waals surface area contributed by atoms with Gasteiger partial charge in [-0.25, -0.2) is 12.9 Å². The molecule has 1 amide bonds. The molecule has 9 heteroatoms. The van der Waals surface area contributed by atoms with E-state index < -0.39 is 10.0 Å². The fourth-order valence-corrected chi connectivity index (χ4v) is 4.47. The molecule has 0 spiro atoms. The van der Waals surface area contributed by atoms with Crippen molar-refractivity contribution in [3.8, 4) is 0 Å². The number of hydrogen-bond acceptors (Lipinski definition) is 5. The van der Waals surface area contributed by atoms with Gasteiger partial charge in [0.15, 0.2) is 0 Å². The molecule has 2 aliphatic heterocycles. The molecule has 0 radical (unpaired) electrons. The van der Waals surface area contributed by atoms with Gasteiger partial charge >= 0.3 is 0 Å². The molecule has 0 aromatic carbocycles. The van der Waals surface area contributed by atoms with Crippen LogP contribution in [-0.2, 0) is 14.8 Å². The molecule has 2 saturated heterocycles. The predicted molar refractivity (Wildman–Crippen MR) is 90.7 cm³/mol. The van der Waals surface area contributed by atoms with E-state index in [2.05, 4.69) is 5.10 Å². The van der Waals surface area contributed by atoms with E-state index in [0.29, 0.717) is 38.3 Å². The zero-order valence-corrected chi connectivity index (χ0v) is 14.7. The number of nitrogens with zero attached hydrogens (tertiary/aromatic N) is 4. The van der Waals surface area contributed by atoms with Crippen molar-refractivity contribution in [3.63, 3.8) is 0 Å². The van der Waals surface area contributed by atoms with Crippen LogP contribution in [0, 0.1) is 5.92 Å². The van der Waals surface area contributed by atoms with Crippen LogP contribution in [0.4, 0.5) is 0 Å². The molecule has 2 aromatic rings. The Morgan fingerprint density at radius 3 is 2.92 bits per heavy atom. The molecule has 2 atom stereocenters. The number of pyridine rings is 1. The number of amides is 1. The zero-order valence-electron chi connectivity index (χ0n) is 13.9. The minimum absolute atomic E-state index is 0.0111. The van der Waals surface area contributed by atoms with E-state index >= 15 is 0 Å². The molecular formula is C16H20N4O4S. The third-order valence-electron chi connectivity index (χ3n) is 4.90. The normalized spacial score (nSPS) is 25.1. The Labute approximate surface area is 146 Å². The van der Waals surface area contributed by atoms with Crippen molar-refractivity contribution in [3.05, 3.63) is 36.2 Å². The lowest BCUT2D eigenvalue weighted by Crippen LogP contribution is -2.37. The van der Waals surface area contributed by atoms with Gasteiger partial charge in [0, 0.05) is 38.3 Å². The minimum Gasteiger partial charge on any atom is -0.375 e. The van der Waals surface area contributed by atoms with Gasteiger partial charge in [0.1, 0.15) is 0 Å². The number of hydrogen-bond donors (Lipinski definition) is 0. The van der Waals surface area contributed by atoms with Gasteiger partial charge in [-0.15, -0.1) is 0 Å². The Balaban J connectivity index is 1.55. The summed E-state index contributed by atoms with van der Waals surface area (Å²) in [6.07, 6.45) is 4.46. The summed E-state index contributed by atoms with van der Waals surface area (Å²) in [5.41, 5.74) is 1.32. The van der Waals surface area contributed by atoms with E-state index in [1.807, 2.05) is 18.2 Å². The number of likely N-dealkylation sites (tertiary alicyclic amines) is 1. The SMILES string of the molecule is CS(=O)(=O)N1CCO[C@@H]2CN(C(=O)c3cnn4ccccc34)C[C@@H]2C1. The maximum Gasteiger partial charge on any atom is 0.257 e. The van der Waals surface area contributed by atoms with Crippen molar-refractivity contribution >= 4 is 21.4 Å². The summed E-state index contributed by atoms with van der Waals surface area (Å²) in [6, 6.07) is 5.58. The molecule has 0 aliphatic carbocycles. The molecule has 8 nitrogen and oxygen atoms in total. The number of ether oxygens (including phenoxy) is 1. The number of sulfonamides is 1. The molecule has 134 valence electrons. The maximum atomic E-state index is 12.9. The van der Waals surface area contributed by atoms with Crippen molar-refractivity contribution in [2.75, 3.05) is 39.0 Å². The van der Waals surface area contributed by atoms with Crippen LogP contribution in [0.3, 0.4) is 0 Å². The van der Waals surface area contributed by atoms with E-state index in [1.54, 1.807) is 21.8 Å². The lowest BCUT2D eigenvalue weighted by Gasteiger charge is -2.21.